The zero-order valence-electron chi connectivity index (χ0n) is 19.6. The van der Waals surface area contributed by atoms with Crippen molar-refractivity contribution in [2.45, 2.75) is 44.4 Å². The lowest BCUT2D eigenvalue weighted by Gasteiger charge is -2.33. The molecule has 4 heterocycles. The lowest BCUT2D eigenvalue weighted by molar-refractivity contribution is -0.274. The van der Waals surface area contributed by atoms with E-state index < -0.39 is 6.36 Å². The number of aromatic nitrogens is 2. The number of halogens is 4. The average Bonchev–Trinajstić information content (AvgIpc) is 3.53. The second-order valence-corrected chi connectivity index (χ2v) is 10.2. The Morgan fingerprint density at radius 1 is 1.14 bits per heavy atom. The van der Waals surface area contributed by atoms with Gasteiger partial charge in [0.25, 0.3) is 5.91 Å². The maximum Gasteiger partial charge on any atom is 0.573 e. The van der Waals surface area contributed by atoms with Crippen molar-refractivity contribution >= 4 is 16.9 Å². The van der Waals surface area contributed by atoms with Gasteiger partial charge in [-0.05, 0) is 79.8 Å². The highest BCUT2D eigenvalue weighted by Crippen LogP contribution is 2.46. The van der Waals surface area contributed by atoms with Gasteiger partial charge in [-0.15, -0.1) is 13.2 Å². The fourth-order valence-corrected chi connectivity index (χ4v) is 6.28. The number of aromatic amines is 1. The smallest absolute Gasteiger partial charge is 0.406 e. The predicted molar refractivity (Wildman–Crippen MR) is 124 cm³/mol. The van der Waals surface area contributed by atoms with E-state index in [0.717, 1.165) is 55.5 Å². The van der Waals surface area contributed by atoms with Gasteiger partial charge in [-0.3, -0.25) is 4.79 Å². The van der Waals surface area contributed by atoms with Gasteiger partial charge in [-0.1, -0.05) is 0 Å². The maximum atomic E-state index is 15.2. The largest absolute Gasteiger partial charge is 0.573 e. The summed E-state index contributed by atoms with van der Waals surface area (Å²) in [5.74, 6) is -0.977. The summed E-state index contributed by atoms with van der Waals surface area (Å²) < 4.78 is 56.3. The van der Waals surface area contributed by atoms with Crippen LogP contribution in [0.4, 0.5) is 17.6 Å². The minimum atomic E-state index is -4.78. The van der Waals surface area contributed by atoms with Crippen molar-refractivity contribution in [3.05, 3.63) is 58.7 Å². The normalized spacial score (nSPS) is 22.5. The lowest BCUT2D eigenvalue weighted by Crippen LogP contribution is -2.38. The molecule has 6 rings (SSSR count). The summed E-state index contributed by atoms with van der Waals surface area (Å²) in [6, 6.07) is 4.93. The second kappa shape index (κ2) is 8.47. The molecule has 3 aromatic rings. The number of likely N-dealkylation sites (tertiary alicyclic amines) is 1. The van der Waals surface area contributed by atoms with Crippen LogP contribution in [0, 0.1) is 11.2 Å². The van der Waals surface area contributed by atoms with Crippen LogP contribution in [0.1, 0.15) is 52.4 Å². The van der Waals surface area contributed by atoms with E-state index in [1.165, 1.54) is 29.6 Å². The molecule has 36 heavy (non-hydrogen) atoms. The fraction of sp³-hybridized carbons (Fsp3) is 0.462. The SMILES string of the molecule is O=C(c1ccc(OC(F)(F)F)cc1)N1CCC(c2c(F)cnc3[nH]c4c(c23)C[C@]2(CCNC2)C4)CC1. The summed E-state index contributed by atoms with van der Waals surface area (Å²) in [5, 5.41) is 4.38. The molecule has 10 heteroatoms. The van der Waals surface area contributed by atoms with E-state index in [0.29, 0.717) is 37.1 Å². The first kappa shape index (κ1) is 23.3. The number of benzene rings is 1. The number of alkyl halides is 3. The Bertz CT molecular complexity index is 1300. The second-order valence-electron chi connectivity index (χ2n) is 10.2. The number of rotatable bonds is 3. The highest BCUT2D eigenvalue weighted by Gasteiger charge is 2.42. The van der Waals surface area contributed by atoms with Crippen molar-refractivity contribution in [1.29, 1.82) is 0 Å². The fourth-order valence-electron chi connectivity index (χ4n) is 6.28. The molecule has 6 nitrogen and oxygen atoms in total. The van der Waals surface area contributed by atoms with Crippen molar-refractivity contribution in [2.24, 2.45) is 5.41 Å². The van der Waals surface area contributed by atoms with E-state index in [-0.39, 0.29) is 28.8 Å². The summed E-state index contributed by atoms with van der Waals surface area (Å²) in [6.07, 6.45) is 0.686. The molecule has 2 aromatic heterocycles. The number of H-pyrrole nitrogens is 1. The maximum absolute atomic E-state index is 15.2. The molecule has 2 saturated heterocycles. The molecular weight excluding hydrogens is 476 g/mol. The minimum Gasteiger partial charge on any atom is -0.406 e. The van der Waals surface area contributed by atoms with E-state index in [9.17, 15) is 18.0 Å². The molecule has 2 aliphatic heterocycles. The molecule has 0 radical (unpaired) electrons. The Labute approximate surface area is 205 Å². The molecule has 1 spiro atoms. The Balaban J connectivity index is 1.19. The van der Waals surface area contributed by atoms with Crippen LogP contribution in [0.5, 0.6) is 5.75 Å². The van der Waals surface area contributed by atoms with Gasteiger partial charge in [0.05, 0.1) is 6.20 Å². The van der Waals surface area contributed by atoms with E-state index in [2.05, 4.69) is 20.0 Å². The van der Waals surface area contributed by atoms with Crippen LogP contribution in [-0.2, 0) is 12.8 Å². The molecule has 0 unspecified atom stereocenters. The van der Waals surface area contributed by atoms with Crippen LogP contribution < -0.4 is 10.1 Å². The first-order chi connectivity index (χ1) is 17.2. The van der Waals surface area contributed by atoms with Crippen molar-refractivity contribution in [3.63, 3.8) is 0 Å². The molecule has 0 saturated carbocycles. The Kier molecular flexibility index (Phi) is 5.47. The number of amides is 1. The third-order valence-corrected chi connectivity index (χ3v) is 7.97. The quantitative estimate of drug-likeness (QED) is 0.510. The first-order valence-corrected chi connectivity index (χ1v) is 12.2. The Morgan fingerprint density at radius 2 is 1.89 bits per heavy atom. The van der Waals surface area contributed by atoms with Gasteiger partial charge in [-0.25, -0.2) is 9.37 Å². The number of nitrogens with zero attached hydrogens (tertiary/aromatic N) is 2. The summed E-state index contributed by atoms with van der Waals surface area (Å²) in [5.41, 5.74) is 4.28. The van der Waals surface area contributed by atoms with Gasteiger partial charge in [0.15, 0.2) is 0 Å². The molecular formula is C26H26F4N4O2. The highest BCUT2D eigenvalue weighted by atomic mass is 19.4. The van der Waals surface area contributed by atoms with Crippen LogP contribution in [-0.4, -0.2) is 53.3 Å². The number of piperidine rings is 1. The van der Waals surface area contributed by atoms with Gasteiger partial charge >= 0.3 is 6.36 Å². The van der Waals surface area contributed by atoms with Gasteiger partial charge in [0.2, 0.25) is 0 Å². The number of hydrogen-bond acceptors (Lipinski definition) is 4. The lowest BCUT2D eigenvalue weighted by atomic mass is 9.82. The standard InChI is InChI=1S/C26H26F4N4O2/c27-19-13-32-23-22(18-11-25(7-8-31-14-25)12-20(18)33-23)21(19)15-5-9-34(10-6-15)24(35)16-1-3-17(4-2-16)36-26(28,29)30/h1-4,13,15,31H,5-12,14H2,(H,32,33)/t25-/m1/s1. The van der Waals surface area contributed by atoms with Gasteiger partial charge in [0.1, 0.15) is 17.2 Å². The third kappa shape index (κ3) is 4.11. The minimum absolute atomic E-state index is 0.0414. The molecule has 1 amide bonds. The molecule has 2 N–H and O–H groups in total. The van der Waals surface area contributed by atoms with Crippen molar-refractivity contribution in [1.82, 2.24) is 20.2 Å². The topological polar surface area (TPSA) is 70.2 Å². The first-order valence-electron chi connectivity index (χ1n) is 12.2. The van der Waals surface area contributed by atoms with Gasteiger partial charge in [0, 0.05) is 41.8 Å². The number of fused-ring (bicyclic) bond motifs is 3. The van der Waals surface area contributed by atoms with Crippen molar-refractivity contribution < 1.29 is 27.1 Å². The molecule has 1 aromatic carbocycles. The number of pyridine rings is 1. The molecule has 0 bridgehead atoms. The van der Waals surface area contributed by atoms with E-state index >= 15 is 4.39 Å². The number of ether oxygens (including phenoxy) is 1. The van der Waals surface area contributed by atoms with E-state index in [1.807, 2.05) is 0 Å². The summed E-state index contributed by atoms with van der Waals surface area (Å²) in [6.45, 7) is 2.85. The third-order valence-electron chi connectivity index (χ3n) is 7.97. The van der Waals surface area contributed by atoms with Crippen LogP contribution in [0.15, 0.2) is 30.5 Å². The molecule has 190 valence electrons. The Hall–Kier alpha value is -3.14. The average molecular weight is 503 g/mol. The van der Waals surface area contributed by atoms with Crippen LogP contribution in [0.2, 0.25) is 0 Å². The number of hydrogen-bond donors (Lipinski definition) is 2. The van der Waals surface area contributed by atoms with Gasteiger partial charge < -0.3 is 19.9 Å². The number of carbonyl (C=O) groups is 1. The summed E-state index contributed by atoms with van der Waals surface area (Å²) in [7, 11) is 0. The van der Waals surface area contributed by atoms with Crippen LogP contribution in [0.3, 0.4) is 0 Å². The monoisotopic (exact) mass is 502 g/mol. The highest BCUT2D eigenvalue weighted by molar-refractivity contribution is 5.94. The van der Waals surface area contributed by atoms with Crippen molar-refractivity contribution in [3.8, 4) is 5.75 Å². The molecule has 1 atom stereocenters. The van der Waals surface area contributed by atoms with Crippen LogP contribution in [0.25, 0.3) is 11.0 Å². The van der Waals surface area contributed by atoms with Crippen molar-refractivity contribution in [2.75, 3.05) is 26.2 Å². The molecule has 3 aliphatic rings. The predicted octanol–water partition coefficient (Wildman–Crippen LogP) is 4.70. The summed E-state index contributed by atoms with van der Waals surface area (Å²) >= 11 is 0. The number of carbonyl (C=O) groups excluding carboxylic acids is 1. The van der Waals surface area contributed by atoms with E-state index in [4.69, 9.17) is 0 Å². The molecule has 2 fully saturated rings. The molecule has 1 aliphatic carbocycles. The summed E-state index contributed by atoms with van der Waals surface area (Å²) in [4.78, 5) is 22.4. The van der Waals surface area contributed by atoms with E-state index in [1.54, 1.807) is 4.90 Å². The van der Waals surface area contributed by atoms with Crippen LogP contribution >= 0.6 is 0 Å². The zero-order valence-corrected chi connectivity index (χ0v) is 19.6. The Morgan fingerprint density at radius 3 is 2.56 bits per heavy atom. The zero-order chi connectivity index (χ0) is 25.1. The number of nitrogens with one attached hydrogen (secondary N) is 2. The van der Waals surface area contributed by atoms with Gasteiger partial charge in [-0.2, -0.15) is 0 Å².